The van der Waals surface area contributed by atoms with Crippen LogP contribution in [0, 0.1) is 0 Å². The monoisotopic (exact) mass is 294 g/mol. The molecule has 6 heteroatoms. The van der Waals surface area contributed by atoms with E-state index in [1.165, 1.54) is 12.1 Å². The van der Waals surface area contributed by atoms with Gasteiger partial charge >= 0.3 is 0 Å². The van der Waals surface area contributed by atoms with E-state index in [1.807, 2.05) is 0 Å². The molecule has 0 aliphatic heterocycles. The van der Waals surface area contributed by atoms with Crippen molar-refractivity contribution in [1.29, 1.82) is 0 Å². The van der Waals surface area contributed by atoms with Crippen molar-refractivity contribution in [2.45, 2.75) is 4.90 Å². The van der Waals surface area contributed by atoms with Crippen LogP contribution in [-0.2, 0) is 9.05 Å². The number of halogens is 3. The van der Waals surface area contributed by atoms with Crippen LogP contribution in [0.5, 0.6) is 0 Å². The van der Waals surface area contributed by atoms with Crippen LogP contribution >= 0.6 is 33.9 Å². The molecule has 0 saturated heterocycles. The molecular weight excluding hydrogens is 291 g/mol. The Hall–Kier alpha value is -0.480. The molecule has 16 heavy (non-hydrogen) atoms. The Labute approximate surface area is 107 Å². The molecule has 0 aromatic heterocycles. The fraction of sp³-hybridized carbons (Fsp3) is 0. The first-order valence-corrected chi connectivity index (χ1v) is 7.28. The Kier molecular flexibility index (Phi) is 3.05. The summed E-state index contributed by atoms with van der Waals surface area (Å²) >= 11 is 11.6. The molecule has 0 atom stereocenters. The number of hydrogen-bond donors (Lipinski definition) is 0. The lowest BCUT2D eigenvalue weighted by Crippen LogP contribution is -1.92. The highest BCUT2D eigenvalue weighted by atomic mass is 35.7. The third-order valence-corrected chi connectivity index (χ3v) is 4.14. The Balaban J connectivity index is 2.83. The molecule has 0 spiro atoms. The van der Waals surface area contributed by atoms with Gasteiger partial charge in [-0.2, -0.15) is 0 Å². The van der Waals surface area contributed by atoms with Crippen LogP contribution in [-0.4, -0.2) is 8.42 Å². The Morgan fingerprint density at radius 3 is 2.25 bits per heavy atom. The molecule has 0 bridgehead atoms. The Bertz CT molecular complexity index is 665. The molecule has 2 rings (SSSR count). The summed E-state index contributed by atoms with van der Waals surface area (Å²) in [5, 5.41) is 2.13. The molecule has 0 heterocycles. The average Bonchev–Trinajstić information content (AvgIpc) is 2.14. The molecule has 0 aliphatic rings. The molecule has 0 radical (unpaired) electrons. The second kappa shape index (κ2) is 4.08. The maximum Gasteiger partial charge on any atom is 0.262 e. The second-order valence-corrected chi connectivity index (χ2v) is 6.59. The summed E-state index contributed by atoms with van der Waals surface area (Å²) in [7, 11) is 1.43. The van der Waals surface area contributed by atoms with Crippen LogP contribution in [0.1, 0.15) is 0 Å². The summed E-state index contributed by atoms with van der Waals surface area (Å²) in [6.45, 7) is 0. The van der Waals surface area contributed by atoms with Crippen LogP contribution in [0.25, 0.3) is 10.8 Å². The van der Waals surface area contributed by atoms with E-state index in [2.05, 4.69) is 0 Å². The van der Waals surface area contributed by atoms with Gasteiger partial charge < -0.3 is 0 Å². The fourth-order valence-corrected chi connectivity index (χ4v) is 3.13. The van der Waals surface area contributed by atoms with Crippen molar-refractivity contribution in [2.24, 2.45) is 0 Å². The molecule has 2 aromatic carbocycles. The lowest BCUT2D eigenvalue weighted by atomic mass is 10.1. The van der Waals surface area contributed by atoms with Gasteiger partial charge in [0.25, 0.3) is 9.05 Å². The van der Waals surface area contributed by atoms with E-state index in [0.29, 0.717) is 10.4 Å². The van der Waals surface area contributed by atoms with E-state index in [1.54, 1.807) is 18.2 Å². The summed E-state index contributed by atoms with van der Waals surface area (Å²) < 4.78 is 22.4. The largest absolute Gasteiger partial charge is 0.262 e. The number of rotatable bonds is 1. The third kappa shape index (κ3) is 2.28. The SMILES string of the molecule is O=S(=O)(Cl)c1cc2ccc(Cl)cc2cc1Cl. The molecule has 0 N–H and O–H groups in total. The quantitative estimate of drug-likeness (QED) is 0.743. The van der Waals surface area contributed by atoms with Gasteiger partial charge in [0, 0.05) is 15.7 Å². The minimum Gasteiger partial charge on any atom is -0.207 e. The maximum atomic E-state index is 11.2. The third-order valence-electron chi connectivity index (χ3n) is 2.12. The summed E-state index contributed by atoms with van der Waals surface area (Å²) in [4.78, 5) is -0.0920. The van der Waals surface area contributed by atoms with Crippen molar-refractivity contribution in [2.75, 3.05) is 0 Å². The van der Waals surface area contributed by atoms with E-state index in [4.69, 9.17) is 33.9 Å². The minimum atomic E-state index is -3.83. The first-order valence-electron chi connectivity index (χ1n) is 4.21. The van der Waals surface area contributed by atoms with E-state index < -0.39 is 9.05 Å². The summed E-state index contributed by atoms with van der Waals surface area (Å²) in [5.41, 5.74) is 0. The first-order chi connectivity index (χ1) is 7.38. The van der Waals surface area contributed by atoms with Gasteiger partial charge in [-0.1, -0.05) is 29.3 Å². The van der Waals surface area contributed by atoms with Gasteiger partial charge in [0.15, 0.2) is 0 Å². The van der Waals surface area contributed by atoms with E-state index in [-0.39, 0.29) is 9.92 Å². The second-order valence-electron chi connectivity index (χ2n) is 3.21. The molecule has 0 saturated carbocycles. The Morgan fingerprint density at radius 1 is 0.938 bits per heavy atom. The highest BCUT2D eigenvalue weighted by Gasteiger charge is 2.15. The van der Waals surface area contributed by atoms with Crippen LogP contribution in [0.4, 0.5) is 0 Å². The van der Waals surface area contributed by atoms with Crippen molar-refractivity contribution < 1.29 is 8.42 Å². The fourth-order valence-electron chi connectivity index (χ4n) is 1.41. The van der Waals surface area contributed by atoms with Crippen molar-refractivity contribution in [3.63, 3.8) is 0 Å². The van der Waals surface area contributed by atoms with Gasteiger partial charge in [-0.3, -0.25) is 0 Å². The lowest BCUT2D eigenvalue weighted by molar-refractivity contribution is 0.610. The smallest absolute Gasteiger partial charge is 0.207 e. The maximum absolute atomic E-state index is 11.2. The van der Waals surface area contributed by atoms with Crippen molar-refractivity contribution >= 4 is 53.7 Å². The van der Waals surface area contributed by atoms with E-state index in [0.717, 1.165) is 5.39 Å². The van der Waals surface area contributed by atoms with Gasteiger partial charge in [0.05, 0.1) is 5.02 Å². The van der Waals surface area contributed by atoms with Gasteiger partial charge in [-0.05, 0) is 35.0 Å². The highest BCUT2D eigenvalue weighted by molar-refractivity contribution is 8.13. The molecule has 0 aliphatic carbocycles. The standard InChI is InChI=1S/C10H5Cl3O2S/c11-8-2-1-6-5-10(16(13,14)15)9(12)4-7(6)3-8/h1-5H. The number of fused-ring (bicyclic) bond motifs is 1. The molecule has 0 unspecified atom stereocenters. The Morgan fingerprint density at radius 2 is 1.62 bits per heavy atom. The normalized spacial score (nSPS) is 11.9. The van der Waals surface area contributed by atoms with Gasteiger partial charge in [0.1, 0.15) is 4.90 Å². The lowest BCUT2D eigenvalue weighted by Gasteiger charge is -2.04. The predicted octanol–water partition coefficient (Wildman–Crippen LogP) is 4.07. The predicted molar refractivity (Wildman–Crippen MR) is 67.0 cm³/mol. The summed E-state index contributed by atoms with van der Waals surface area (Å²) in [6.07, 6.45) is 0. The molecular formula is C10H5Cl3O2S. The minimum absolute atomic E-state index is 0.0877. The zero-order valence-corrected chi connectivity index (χ0v) is 10.8. The topological polar surface area (TPSA) is 34.1 Å². The van der Waals surface area contributed by atoms with Crippen molar-refractivity contribution in [3.8, 4) is 0 Å². The summed E-state index contributed by atoms with van der Waals surface area (Å²) in [5.74, 6) is 0. The average molecular weight is 296 g/mol. The number of benzene rings is 2. The zero-order chi connectivity index (χ0) is 11.9. The van der Waals surface area contributed by atoms with Gasteiger partial charge in [0.2, 0.25) is 0 Å². The van der Waals surface area contributed by atoms with Crippen LogP contribution in [0.15, 0.2) is 35.2 Å². The van der Waals surface area contributed by atoms with Crippen LogP contribution in [0.3, 0.4) is 0 Å². The van der Waals surface area contributed by atoms with Crippen LogP contribution < -0.4 is 0 Å². The van der Waals surface area contributed by atoms with E-state index in [9.17, 15) is 8.42 Å². The molecule has 0 fully saturated rings. The van der Waals surface area contributed by atoms with Crippen molar-refractivity contribution in [3.05, 3.63) is 40.4 Å². The molecule has 2 nitrogen and oxygen atoms in total. The van der Waals surface area contributed by atoms with E-state index >= 15 is 0 Å². The molecule has 2 aromatic rings. The van der Waals surface area contributed by atoms with Gasteiger partial charge in [-0.25, -0.2) is 8.42 Å². The van der Waals surface area contributed by atoms with Gasteiger partial charge in [-0.15, -0.1) is 0 Å². The van der Waals surface area contributed by atoms with Crippen molar-refractivity contribution in [1.82, 2.24) is 0 Å². The zero-order valence-electron chi connectivity index (χ0n) is 7.75. The molecule has 84 valence electrons. The number of hydrogen-bond acceptors (Lipinski definition) is 2. The van der Waals surface area contributed by atoms with Crippen LogP contribution in [0.2, 0.25) is 10.0 Å². The summed E-state index contributed by atoms with van der Waals surface area (Å²) in [6, 6.07) is 8.03. The highest BCUT2D eigenvalue weighted by Crippen LogP contribution is 2.30. The molecule has 0 amide bonds. The first kappa shape index (κ1) is 12.0.